The van der Waals surface area contributed by atoms with Gasteiger partial charge in [-0.3, -0.25) is 0 Å². The lowest BCUT2D eigenvalue weighted by atomic mass is 10.1. The Bertz CT molecular complexity index is 535. The predicted octanol–water partition coefficient (Wildman–Crippen LogP) is 1.28. The number of nitrogens with zero attached hydrogens (tertiary/aromatic N) is 2. The highest BCUT2D eigenvalue weighted by atomic mass is 32.2. The minimum absolute atomic E-state index is 0.0754. The summed E-state index contributed by atoms with van der Waals surface area (Å²) in [5.41, 5.74) is 5.72. The zero-order valence-corrected chi connectivity index (χ0v) is 13.4. The summed E-state index contributed by atoms with van der Waals surface area (Å²) in [6, 6.07) is 0.303. The van der Waals surface area contributed by atoms with Gasteiger partial charge >= 0.3 is 0 Å². The van der Waals surface area contributed by atoms with E-state index >= 15 is 0 Å². The number of nitrogens with two attached hydrogens (primary N) is 1. The molecule has 0 saturated carbocycles. The number of aromatic nitrogens is 1. The molecule has 1 fully saturated rings. The fourth-order valence-corrected chi connectivity index (χ4v) is 5.09. The van der Waals surface area contributed by atoms with Crippen LogP contribution in [0.2, 0.25) is 0 Å². The SMILES string of the molecule is CN(C)S(=O)(=O)c1c(N)nsc1NC1CCSCC1. The lowest BCUT2D eigenvalue weighted by Gasteiger charge is -2.23. The summed E-state index contributed by atoms with van der Waals surface area (Å²) in [5, 5.41) is 3.85. The fourth-order valence-electron chi connectivity index (χ4n) is 1.85. The van der Waals surface area contributed by atoms with Crippen molar-refractivity contribution >= 4 is 44.1 Å². The van der Waals surface area contributed by atoms with E-state index in [1.807, 2.05) is 11.8 Å². The molecule has 1 aliphatic rings. The lowest BCUT2D eigenvalue weighted by molar-refractivity contribution is 0.521. The maximum absolute atomic E-state index is 12.2. The van der Waals surface area contributed by atoms with Crippen LogP contribution in [0.3, 0.4) is 0 Å². The standard InChI is InChI=1S/C10H18N4O2S3/c1-14(2)19(15,16)8-9(11)13-18-10(8)12-7-3-5-17-6-4-7/h7,12H,3-6H2,1-2H3,(H2,11,13). The van der Waals surface area contributed by atoms with Crippen molar-refractivity contribution in [3.63, 3.8) is 0 Å². The van der Waals surface area contributed by atoms with Crippen molar-refractivity contribution in [2.75, 3.05) is 36.7 Å². The van der Waals surface area contributed by atoms with Gasteiger partial charge in [0.2, 0.25) is 10.0 Å². The fraction of sp³-hybridized carbons (Fsp3) is 0.700. The normalized spacial score (nSPS) is 17.8. The van der Waals surface area contributed by atoms with Crippen LogP contribution < -0.4 is 11.1 Å². The van der Waals surface area contributed by atoms with E-state index in [-0.39, 0.29) is 10.7 Å². The zero-order valence-electron chi connectivity index (χ0n) is 10.9. The van der Waals surface area contributed by atoms with E-state index in [4.69, 9.17) is 5.73 Å². The molecule has 0 unspecified atom stereocenters. The summed E-state index contributed by atoms with van der Waals surface area (Å²) >= 11 is 3.04. The van der Waals surface area contributed by atoms with Gasteiger partial charge in [-0.2, -0.15) is 16.1 Å². The molecule has 0 atom stereocenters. The summed E-state index contributed by atoms with van der Waals surface area (Å²) < 4.78 is 29.6. The van der Waals surface area contributed by atoms with E-state index in [2.05, 4.69) is 9.69 Å². The Morgan fingerprint density at radius 1 is 1.37 bits per heavy atom. The smallest absolute Gasteiger partial charge is 0.249 e. The van der Waals surface area contributed by atoms with Gasteiger partial charge in [-0.1, -0.05) is 0 Å². The van der Waals surface area contributed by atoms with Crippen LogP contribution in [-0.4, -0.2) is 48.7 Å². The van der Waals surface area contributed by atoms with Crippen LogP contribution in [0.1, 0.15) is 12.8 Å². The predicted molar refractivity (Wildman–Crippen MR) is 81.4 cm³/mol. The van der Waals surface area contributed by atoms with Crippen LogP contribution in [0.25, 0.3) is 0 Å². The first kappa shape index (κ1) is 14.9. The van der Waals surface area contributed by atoms with Crippen LogP contribution in [0.4, 0.5) is 10.8 Å². The quantitative estimate of drug-likeness (QED) is 0.868. The Labute approximate surface area is 122 Å². The van der Waals surface area contributed by atoms with Crippen molar-refractivity contribution in [1.29, 1.82) is 0 Å². The van der Waals surface area contributed by atoms with Crippen LogP contribution in [0, 0.1) is 0 Å². The third kappa shape index (κ3) is 3.15. The van der Waals surface area contributed by atoms with Crippen molar-refractivity contribution in [1.82, 2.24) is 8.68 Å². The first-order valence-corrected chi connectivity index (χ1v) is 9.31. The number of sulfonamides is 1. The van der Waals surface area contributed by atoms with Crippen molar-refractivity contribution in [3.05, 3.63) is 0 Å². The summed E-state index contributed by atoms with van der Waals surface area (Å²) in [6.45, 7) is 0. The van der Waals surface area contributed by atoms with Crippen molar-refractivity contribution < 1.29 is 8.42 Å². The second-order valence-corrected chi connectivity index (χ2v) is 8.63. The minimum Gasteiger partial charge on any atom is -0.382 e. The van der Waals surface area contributed by atoms with Gasteiger partial charge < -0.3 is 11.1 Å². The second-order valence-electron chi connectivity index (χ2n) is 4.54. The summed E-state index contributed by atoms with van der Waals surface area (Å²) in [6.07, 6.45) is 2.06. The molecule has 0 aliphatic carbocycles. The molecular formula is C10H18N4O2S3. The molecule has 0 amide bonds. The number of rotatable bonds is 4. The molecule has 2 rings (SSSR count). The molecule has 3 N–H and O–H groups in total. The first-order chi connectivity index (χ1) is 8.93. The van der Waals surface area contributed by atoms with Crippen molar-refractivity contribution in [2.45, 2.75) is 23.8 Å². The van der Waals surface area contributed by atoms with Crippen LogP contribution in [0.15, 0.2) is 4.90 Å². The molecule has 9 heteroatoms. The van der Waals surface area contributed by atoms with E-state index in [1.54, 1.807) is 0 Å². The zero-order chi connectivity index (χ0) is 14.0. The first-order valence-electron chi connectivity index (χ1n) is 5.95. The topological polar surface area (TPSA) is 88.3 Å². The Kier molecular flexibility index (Phi) is 4.59. The number of hydrogen-bond donors (Lipinski definition) is 2. The Morgan fingerprint density at radius 2 is 2.00 bits per heavy atom. The molecule has 0 aromatic carbocycles. The molecule has 0 bridgehead atoms. The third-order valence-electron chi connectivity index (χ3n) is 2.97. The van der Waals surface area contributed by atoms with E-state index < -0.39 is 10.0 Å². The Balaban J connectivity index is 2.27. The summed E-state index contributed by atoms with van der Waals surface area (Å²) in [4.78, 5) is 0.112. The number of hydrogen-bond acceptors (Lipinski definition) is 7. The van der Waals surface area contributed by atoms with Gasteiger partial charge in [0, 0.05) is 20.1 Å². The van der Waals surface area contributed by atoms with Crippen molar-refractivity contribution in [2.24, 2.45) is 0 Å². The molecule has 2 heterocycles. The van der Waals surface area contributed by atoms with Crippen LogP contribution in [0.5, 0.6) is 0 Å². The largest absolute Gasteiger partial charge is 0.382 e. The monoisotopic (exact) mass is 322 g/mol. The molecule has 108 valence electrons. The van der Waals surface area contributed by atoms with E-state index in [0.29, 0.717) is 11.0 Å². The van der Waals surface area contributed by atoms with Crippen LogP contribution >= 0.6 is 23.3 Å². The maximum atomic E-state index is 12.2. The maximum Gasteiger partial charge on any atom is 0.249 e. The van der Waals surface area contributed by atoms with Gasteiger partial charge in [-0.15, -0.1) is 0 Å². The van der Waals surface area contributed by atoms with Gasteiger partial charge in [0.05, 0.1) is 0 Å². The molecule has 19 heavy (non-hydrogen) atoms. The molecular weight excluding hydrogens is 304 g/mol. The minimum atomic E-state index is -3.56. The summed E-state index contributed by atoms with van der Waals surface area (Å²) in [7, 11) is -0.570. The molecule has 1 aromatic rings. The number of thioether (sulfide) groups is 1. The van der Waals surface area contributed by atoms with Gasteiger partial charge in [0.15, 0.2) is 10.7 Å². The van der Waals surface area contributed by atoms with Gasteiger partial charge in [0.1, 0.15) is 5.00 Å². The highest BCUT2D eigenvalue weighted by Crippen LogP contribution is 2.34. The highest BCUT2D eigenvalue weighted by Gasteiger charge is 2.29. The average Bonchev–Trinajstić information content (AvgIpc) is 2.72. The average molecular weight is 322 g/mol. The lowest BCUT2D eigenvalue weighted by Crippen LogP contribution is -2.27. The van der Waals surface area contributed by atoms with E-state index in [9.17, 15) is 8.42 Å². The van der Waals surface area contributed by atoms with Gasteiger partial charge in [-0.05, 0) is 35.9 Å². The molecule has 0 spiro atoms. The molecule has 1 aliphatic heterocycles. The third-order valence-corrected chi connectivity index (χ3v) is 6.83. The molecule has 1 aromatic heterocycles. The molecule has 0 radical (unpaired) electrons. The number of nitrogens with one attached hydrogen (secondary N) is 1. The van der Waals surface area contributed by atoms with E-state index in [1.165, 1.54) is 14.1 Å². The molecule has 6 nitrogen and oxygen atoms in total. The number of anilines is 2. The summed E-state index contributed by atoms with van der Waals surface area (Å²) in [5.74, 6) is 2.27. The second kappa shape index (κ2) is 5.86. The highest BCUT2D eigenvalue weighted by molar-refractivity contribution is 7.99. The van der Waals surface area contributed by atoms with Gasteiger partial charge in [0.25, 0.3) is 0 Å². The number of nitrogen functional groups attached to an aromatic ring is 1. The Morgan fingerprint density at radius 3 is 2.58 bits per heavy atom. The Hall–Kier alpha value is -0.510. The van der Waals surface area contributed by atoms with Crippen molar-refractivity contribution in [3.8, 4) is 0 Å². The van der Waals surface area contributed by atoms with Crippen LogP contribution in [-0.2, 0) is 10.0 Å². The van der Waals surface area contributed by atoms with E-state index in [0.717, 1.165) is 40.2 Å². The molecule has 1 saturated heterocycles. The van der Waals surface area contributed by atoms with Gasteiger partial charge in [-0.25, -0.2) is 12.7 Å².